The van der Waals surface area contributed by atoms with Crippen molar-refractivity contribution in [1.29, 1.82) is 0 Å². The summed E-state index contributed by atoms with van der Waals surface area (Å²) < 4.78 is 8.97. The van der Waals surface area contributed by atoms with Gasteiger partial charge < -0.3 is 25.3 Å². The van der Waals surface area contributed by atoms with Crippen LogP contribution in [0.25, 0.3) is 38.7 Å². The van der Waals surface area contributed by atoms with Crippen LogP contribution in [0.5, 0.6) is 0 Å². The van der Waals surface area contributed by atoms with Gasteiger partial charge in [-0.15, -0.1) is 11.3 Å². The van der Waals surface area contributed by atoms with Crippen LogP contribution in [0.4, 0.5) is 11.5 Å². The van der Waals surface area contributed by atoms with Gasteiger partial charge in [-0.25, -0.2) is 20.4 Å². The number of rotatable bonds is 11. The van der Waals surface area contributed by atoms with Gasteiger partial charge >= 0.3 is 0 Å². The number of hydrogen-bond donors (Lipinski definition) is 4. The Balaban J connectivity index is 1.19. The number of hydroxylamine groups is 1. The molecule has 0 aliphatic carbocycles. The first-order chi connectivity index (χ1) is 21.5. The lowest BCUT2D eigenvalue weighted by Gasteiger charge is -2.28. The highest BCUT2D eigenvalue weighted by Gasteiger charge is 2.20. The number of hydrogen-bond acceptors (Lipinski definition) is 10. The van der Waals surface area contributed by atoms with Crippen molar-refractivity contribution < 1.29 is 14.7 Å². The van der Waals surface area contributed by atoms with Crippen molar-refractivity contribution in [2.75, 3.05) is 43.5 Å². The van der Waals surface area contributed by atoms with Crippen molar-refractivity contribution in [2.45, 2.75) is 32.9 Å². The number of thiophene rings is 1. The van der Waals surface area contributed by atoms with Gasteiger partial charge in [0.25, 0.3) is 5.91 Å². The minimum atomic E-state index is -0.571. The van der Waals surface area contributed by atoms with E-state index < -0.39 is 5.91 Å². The number of aryl methyl sites for hydroxylation is 1. The quantitative estimate of drug-likeness (QED) is 0.0561. The van der Waals surface area contributed by atoms with Crippen molar-refractivity contribution in [3.05, 3.63) is 70.9 Å². The van der Waals surface area contributed by atoms with Crippen molar-refractivity contribution in [2.24, 2.45) is 0 Å². The second kappa shape index (κ2) is 13.5. The third-order valence-electron chi connectivity index (χ3n) is 7.56. The molecular weight excluding hydrogens is 576 g/mol. The molecule has 228 valence electrons. The van der Waals surface area contributed by atoms with Crippen molar-refractivity contribution >= 4 is 56.1 Å². The lowest BCUT2D eigenvalue weighted by Crippen LogP contribution is -2.36. The van der Waals surface area contributed by atoms with E-state index in [1.165, 1.54) is 11.0 Å². The monoisotopic (exact) mass is 612 g/mol. The van der Waals surface area contributed by atoms with Crippen LogP contribution >= 0.6 is 11.3 Å². The average Bonchev–Trinajstić information content (AvgIpc) is 3.62. The van der Waals surface area contributed by atoms with E-state index in [4.69, 9.17) is 30.6 Å². The third kappa shape index (κ3) is 6.58. The summed E-state index contributed by atoms with van der Waals surface area (Å²) in [6, 6.07) is 15.8. The SMILES string of the molecule is CCCc1nc2cc(/C=C/C(=O)NO)ccc2n1CCNCc1cc2nc(-c3ccc(N)cc3)nc(N3CCOCC3)c2s1. The summed E-state index contributed by atoms with van der Waals surface area (Å²) in [7, 11) is 0. The molecule has 1 fully saturated rings. The fourth-order valence-electron chi connectivity index (χ4n) is 5.38. The zero-order chi connectivity index (χ0) is 30.5. The number of amides is 1. The van der Waals surface area contributed by atoms with E-state index in [0.717, 1.165) is 89.6 Å². The molecule has 5 N–H and O–H groups in total. The maximum Gasteiger partial charge on any atom is 0.267 e. The van der Waals surface area contributed by atoms with Crippen LogP contribution < -0.4 is 21.4 Å². The molecule has 44 heavy (non-hydrogen) atoms. The maximum atomic E-state index is 11.4. The highest BCUT2D eigenvalue weighted by molar-refractivity contribution is 7.19. The van der Waals surface area contributed by atoms with E-state index >= 15 is 0 Å². The summed E-state index contributed by atoms with van der Waals surface area (Å²) in [6.07, 6.45) is 4.82. The first-order valence-corrected chi connectivity index (χ1v) is 15.6. The summed E-state index contributed by atoms with van der Waals surface area (Å²) in [6.45, 7) is 7.39. The molecule has 5 aromatic rings. The molecule has 0 atom stereocenters. The molecule has 0 radical (unpaired) electrons. The van der Waals surface area contributed by atoms with Crippen LogP contribution in [-0.2, 0) is 29.0 Å². The molecule has 4 heterocycles. The number of carbonyl (C=O) groups excluding carboxylic acids is 1. The molecule has 1 saturated heterocycles. The second-order valence-corrected chi connectivity index (χ2v) is 11.8. The number of fused-ring (bicyclic) bond motifs is 2. The zero-order valence-corrected chi connectivity index (χ0v) is 25.4. The molecule has 1 aliphatic heterocycles. The molecule has 0 bridgehead atoms. The minimum absolute atomic E-state index is 0.571. The Morgan fingerprint density at radius 3 is 2.68 bits per heavy atom. The van der Waals surface area contributed by atoms with Crippen LogP contribution in [-0.4, -0.2) is 63.5 Å². The standard InChI is InChI=1S/C32H36N8O3S/c1-2-3-28-35-25-18-21(5-11-29(41)38-42)4-10-27(25)40(28)13-12-34-20-24-19-26-30(44-24)32(39-14-16-43-17-15-39)37-31(36-26)22-6-8-23(33)9-7-22/h4-11,18-19,34,42H,2-3,12-17,20,33H2,1H3,(H,38,41)/b11-5+. The van der Waals surface area contributed by atoms with Gasteiger partial charge in [0.2, 0.25) is 0 Å². The largest absolute Gasteiger partial charge is 0.399 e. The van der Waals surface area contributed by atoms with Crippen molar-refractivity contribution in [3.8, 4) is 11.4 Å². The Hall–Kier alpha value is -4.36. The van der Waals surface area contributed by atoms with Crippen LogP contribution in [0.1, 0.15) is 29.6 Å². The van der Waals surface area contributed by atoms with Crippen LogP contribution in [0.15, 0.2) is 54.6 Å². The fourth-order valence-corrected chi connectivity index (χ4v) is 6.46. The topological polar surface area (TPSA) is 143 Å². The Bertz CT molecular complexity index is 1790. The van der Waals surface area contributed by atoms with E-state index in [1.807, 2.05) is 42.5 Å². The molecule has 3 aromatic heterocycles. The number of anilines is 2. The maximum absolute atomic E-state index is 11.4. The molecule has 1 aliphatic rings. The fraction of sp³-hybridized carbons (Fsp3) is 0.312. The smallest absolute Gasteiger partial charge is 0.267 e. The number of carbonyl (C=O) groups is 1. The second-order valence-electron chi connectivity index (χ2n) is 10.7. The summed E-state index contributed by atoms with van der Waals surface area (Å²) in [5, 5.41) is 12.4. The molecule has 6 rings (SSSR count). The van der Waals surface area contributed by atoms with E-state index in [0.29, 0.717) is 24.7 Å². The average molecular weight is 613 g/mol. The molecule has 0 saturated carbocycles. The predicted molar refractivity (Wildman–Crippen MR) is 175 cm³/mol. The normalized spacial score (nSPS) is 13.8. The van der Waals surface area contributed by atoms with Gasteiger partial charge in [0, 0.05) is 61.3 Å². The van der Waals surface area contributed by atoms with E-state index in [-0.39, 0.29) is 0 Å². The first-order valence-electron chi connectivity index (χ1n) is 14.8. The molecule has 2 aromatic carbocycles. The van der Waals surface area contributed by atoms with E-state index in [2.05, 4.69) is 27.8 Å². The molecular formula is C32H36N8O3S. The number of imidazole rings is 1. The van der Waals surface area contributed by atoms with Gasteiger partial charge in [-0.3, -0.25) is 10.0 Å². The Kier molecular flexibility index (Phi) is 9.12. The molecule has 12 heteroatoms. The molecule has 0 spiro atoms. The first kappa shape index (κ1) is 29.7. The Labute approximate surface area is 259 Å². The highest BCUT2D eigenvalue weighted by Crippen LogP contribution is 2.34. The number of aromatic nitrogens is 4. The number of nitrogens with one attached hydrogen (secondary N) is 2. The molecule has 1 amide bonds. The number of ether oxygens (including phenoxy) is 1. The lowest BCUT2D eigenvalue weighted by atomic mass is 10.2. The van der Waals surface area contributed by atoms with Crippen molar-refractivity contribution in [3.63, 3.8) is 0 Å². The van der Waals surface area contributed by atoms with Gasteiger partial charge in [-0.2, -0.15) is 0 Å². The van der Waals surface area contributed by atoms with Gasteiger partial charge in [0.05, 0.1) is 34.5 Å². The van der Waals surface area contributed by atoms with Crippen LogP contribution in [0, 0.1) is 0 Å². The summed E-state index contributed by atoms with van der Waals surface area (Å²) in [5.74, 6) is 2.13. The zero-order valence-electron chi connectivity index (χ0n) is 24.6. The summed E-state index contributed by atoms with van der Waals surface area (Å²) in [5.41, 5.74) is 12.9. The van der Waals surface area contributed by atoms with Gasteiger partial charge in [0.1, 0.15) is 5.82 Å². The summed E-state index contributed by atoms with van der Waals surface area (Å²) >= 11 is 1.74. The highest BCUT2D eigenvalue weighted by atomic mass is 32.1. The van der Waals surface area contributed by atoms with Crippen molar-refractivity contribution in [1.82, 2.24) is 30.3 Å². The van der Waals surface area contributed by atoms with Crippen LogP contribution in [0.3, 0.4) is 0 Å². The molecule has 11 nitrogen and oxygen atoms in total. The Morgan fingerprint density at radius 1 is 1.09 bits per heavy atom. The van der Waals surface area contributed by atoms with Crippen LogP contribution in [0.2, 0.25) is 0 Å². The minimum Gasteiger partial charge on any atom is -0.399 e. The van der Waals surface area contributed by atoms with Gasteiger partial charge in [0.15, 0.2) is 11.6 Å². The van der Waals surface area contributed by atoms with Gasteiger partial charge in [-0.05, 0) is 60.5 Å². The Morgan fingerprint density at radius 2 is 1.91 bits per heavy atom. The van der Waals surface area contributed by atoms with Gasteiger partial charge in [-0.1, -0.05) is 13.0 Å². The number of benzene rings is 2. The number of nitrogen functional groups attached to an aromatic ring is 1. The molecule has 0 unspecified atom stereocenters. The van der Waals surface area contributed by atoms with E-state index in [1.54, 1.807) is 22.9 Å². The number of nitrogens with two attached hydrogens (primary N) is 1. The predicted octanol–water partition coefficient (Wildman–Crippen LogP) is 4.39. The number of morpholine rings is 1. The number of nitrogens with zero attached hydrogens (tertiary/aromatic N) is 5. The lowest BCUT2D eigenvalue weighted by molar-refractivity contribution is -0.124. The van der Waals surface area contributed by atoms with E-state index in [9.17, 15) is 4.79 Å². The summed E-state index contributed by atoms with van der Waals surface area (Å²) in [4.78, 5) is 29.7. The third-order valence-corrected chi connectivity index (χ3v) is 8.68.